The van der Waals surface area contributed by atoms with E-state index in [0.29, 0.717) is 0 Å². The summed E-state index contributed by atoms with van der Waals surface area (Å²) in [4.78, 5) is 11.6. The number of hydrogen-bond donors (Lipinski definition) is 0. The van der Waals surface area contributed by atoms with Crippen LogP contribution in [0.1, 0.15) is 0 Å². The second-order valence-corrected chi connectivity index (χ2v) is 14.3. The van der Waals surface area contributed by atoms with Crippen LogP contribution in [0.2, 0.25) is 0 Å². The number of thiophene rings is 1. The summed E-state index contributed by atoms with van der Waals surface area (Å²) in [5.41, 5.74) is 12.4. The Kier molecular flexibility index (Phi) is 6.69. The van der Waals surface area contributed by atoms with Gasteiger partial charge in [-0.15, -0.1) is 11.3 Å². The lowest BCUT2D eigenvalue weighted by atomic mass is 9.94. The van der Waals surface area contributed by atoms with Crippen molar-refractivity contribution in [3.05, 3.63) is 176 Å². The van der Waals surface area contributed by atoms with Crippen LogP contribution in [0.5, 0.6) is 0 Å². The smallest absolute Gasteiger partial charge is 0.145 e. The van der Waals surface area contributed by atoms with Gasteiger partial charge in [0.25, 0.3) is 0 Å². The third-order valence-corrected chi connectivity index (χ3v) is 11.5. The van der Waals surface area contributed by atoms with Crippen molar-refractivity contribution in [1.82, 2.24) is 14.5 Å². The van der Waals surface area contributed by atoms with E-state index < -0.39 is 0 Å². The highest BCUT2D eigenvalue weighted by Crippen LogP contribution is 2.52. The zero-order chi connectivity index (χ0) is 34.9. The summed E-state index contributed by atoms with van der Waals surface area (Å²) in [5, 5.41) is 4.55. The third-order valence-electron chi connectivity index (χ3n) is 10.2. The maximum absolute atomic E-state index is 6.71. The largest absolute Gasteiger partial charge is 0.455 e. The summed E-state index contributed by atoms with van der Waals surface area (Å²) in [6, 6.07) is 61.6. The maximum atomic E-state index is 6.71. The van der Waals surface area contributed by atoms with Crippen LogP contribution in [0.25, 0.3) is 104 Å². The van der Waals surface area contributed by atoms with E-state index in [1.54, 1.807) is 11.3 Å². The highest BCUT2D eigenvalue weighted by molar-refractivity contribution is 7.23. The summed E-state index contributed by atoms with van der Waals surface area (Å²) in [6.45, 7) is 0. The molecule has 0 saturated carbocycles. The number of nitrogens with zero attached hydrogens (tertiary/aromatic N) is 3. The van der Waals surface area contributed by atoms with Gasteiger partial charge in [-0.05, 0) is 42.0 Å². The average Bonchev–Trinajstić information content (AvgIpc) is 3.94. The van der Waals surface area contributed by atoms with Gasteiger partial charge in [-0.2, -0.15) is 0 Å². The molecule has 0 saturated heterocycles. The molecule has 0 atom stereocenters. The van der Waals surface area contributed by atoms with Crippen LogP contribution in [0, 0.1) is 0 Å². The molecule has 0 spiro atoms. The minimum Gasteiger partial charge on any atom is -0.455 e. The van der Waals surface area contributed by atoms with Gasteiger partial charge in [-0.3, -0.25) is 4.57 Å². The van der Waals surface area contributed by atoms with E-state index >= 15 is 0 Å². The van der Waals surface area contributed by atoms with Crippen molar-refractivity contribution in [1.29, 1.82) is 0 Å². The Morgan fingerprint density at radius 1 is 0.491 bits per heavy atom. The molecule has 0 N–H and O–H groups in total. The molecule has 0 aliphatic heterocycles. The van der Waals surface area contributed by atoms with Crippen molar-refractivity contribution in [3.63, 3.8) is 0 Å². The van der Waals surface area contributed by atoms with Crippen molar-refractivity contribution < 1.29 is 4.42 Å². The maximum Gasteiger partial charge on any atom is 0.145 e. The highest BCUT2D eigenvalue weighted by atomic mass is 32.1. The van der Waals surface area contributed by atoms with E-state index in [2.05, 4.69) is 162 Å². The van der Waals surface area contributed by atoms with Crippen molar-refractivity contribution in [2.45, 2.75) is 0 Å². The molecule has 4 nitrogen and oxygen atoms in total. The lowest BCUT2D eigenvalue weighted by molar-refractivity contribution is 0.670. The third kappa shape index (κ3) is 4.68. The summed E-state index contributed by atoms with van der Waals surface area (Å²) >= 11 is 1.80. The molecule has 0 aliphatic carbocycles. The summed E-state index contributed by atoms with van der Waals surface area (Å²) < 4.78 is 10.1. The van der Waals surface area contributed by atoms with E-state index in [1.807, 2.05) is 18.2 Å². The van der Waals surface area contributed by atoms with Gasteiger partial charge in [0.15, 0.2) is 0 Å². The van der Waals surface area contributed by atoms with Gasteiger partial charge in [0.05, 0.1) is 26.9 Å². The standard InChI is InChI=1S/C48H29N3OS/c1-3-14-30(15-4-1)44-47-42(36-19-7-9-22-38(36)49-44)43(37-21-13-20-35-34-18-8-12-25-41(34)52-45(35)37)46(53-47)31-26-28-32(29-27-31)48-50-39-23-10-11-24-40(39)51(48)33-16-5-2-6-17-33/h1-29H. The van der Waals surface area contributed by atoms with Crippen LogP contribution in [0.4, 0.5) is 0 Å². The normalized spacial score (nSPS) is 11.8. The fourth-order valence-electron chi connectivity index (χ4n) is 7.83. The quantitative estimate of drug-likeness (QED) is 0.180. The first-order valence-electron chi connectivity index (χ1n) is 17.8. The Bertz CT molecular complexity index is 3160. The van der Waals surface area contributed by atoms with E-state index in [-0.39, 0.29) is 0 Å². The fourth-order valence-corrected chi connectivity index (χ4v) is 9.18. The van der Waals surface area contributed by atoms with Crippen molar-refractivity contribution in [2.75, 3.05) is 0 Å². The molecule has 0 amide bonds. The first-order chi connectivity index (χ1) is 26.3. The highest BCUT2D eigenvalue weighted by Gasteiger charge is 2.25. The summed E-state index contributed by atoms with van der Waals surface area (Å²) in [5.74, 6) is 0.911. The van der Waals surface area contributed by atoms with E-state index in [0.717, 1.165) is 93.6 Å². The lowest BCUT2D eigenvalue weighted by Gasteiger charge is -2.11. The molecule has 5 heteroatoms. The number of rotatable bonds is 5. The van der Waals surface area contributed by atoms with Crippen LogP contribution < -0.4 is 0 Å². The molecular weight excluding hydrogens is 667 g/mol. The Morgan fingerprint density at radius 3 is 1.98 bits per heavy atom. The molecule has 248 valence electrons. The molecule has 4 aromatic heterocycles. The second-order valence-electron chi connectivity index (χ2n) is 13.3. The number of furan rings is 1. The number of imidazole rings is 1. The SMILES string of the molecule is c1ccc(-c2nc3ccccc3c3c(-c4cccc5c4oc4ccccc45)c(-c4ccc(-c5nc6ccccc6n5-c5ccccc5)cc4)sc23)cc1. The molecule has 7 aromatic carbocycles. The molecule has 0 aliphatic rings. The number of benzene rings is 7. The zero-order valence-corrected chi connectivity index (χ0v) is 29.2. The molecule has 53 heavy (non-hydrogen) atoms. The Hall–Kier alpha value is -6.82. The van der Waals surface area contributed by atoms with Crippen LogP contribution in [-0.4, -0.2) is 14.5 Å². The fraction of sp³-hybridized carbons (Fsp3) is 0. The van der Waals surface area contributed by atoms with Gasteiger partial charge in [0.2, 0.25) is 0 Å². The van der Waals surface area contributed by atoms with E-state index in [4.69, 9.17) is 14.4 Å². The first kappa shape index (κ1) is 29.9. The molecule has 0 unspecified atom stereocenters. The van der Waals surface area contributed by atoms with Gasteiger partial charge >= 0.3 is 0 Å². The number of aromatic nitrogens is 3. The number of fused-ring (bicyclic) bond motifs is 7. The monoisotopic (exact) mass is 695 g/mol. The Morgan fingerprint density at radius 2 is 1.15 bits per heavy atom. The predicted molar refractivity (Wildman–Crippen MR) is 221 cm³/mol. The van der Waals surface area contributed by atoms with Crippen LogP contribution >= 0.6 is 11.3 Å². The zero-order valence-electron chi connectivity index (χ0n) is 28.4. The van der Waals surface area contributed by atoms with Crippen molar-refractivity contribution >= 4 is 65.3 Å². The van der Waals surface area contributed by atoms with E-state index in [9.17, 15) is 0 Å². The van der Waals surface area contributed by atoms with E-state index in [1.165, 1.54) is 10.3 Å². The van der Waals surface area contributed by atoms with Crippen molar-refractivity contribution in [3.8, 4) is 49.9 Å². The first-order valence-corrected chi connectivity index (χ1v) is 18.6. The minimum absolute atomic E-state index is 0.887. The topological polar surface area (TPSA) is 43.9 Å². The van der Waals surface area contributed by atoms with Gasteiger partial charge < -0.3 is 4.42 Å². The molecule has 0 fully saturated rings. The van der Waals surface area contributed by atoms with Crippen LogP contribution in [0.3, 0.4) is 0 Å². The predicted octanol–water partition coefficient (Wildman–Crippen LogP) is 13.4. The second kappa shape index (κ2) is 11.9. The Balaban J connectivity index is 1.20. The van der Waals surface area contributed by atoms with Crippen molar-refractivity contribution in [2.24, 2.45) is 0 Å². The summed E-state index contributed by atoms with van der Waals surface area (Å²) in [6.07, 6.45) is 0. The molecule has 0 bridgehead atoms. The Labute approximate surface area is 308 Å². The van der Waals surface area contributed by atoms with Gasteiger partial charge in [0, 0.05) is 54.4 Å². The number of pyridine rings is 1. The van der Waals surface area contributed by atoms with Crippen LogP contribution in [0.15, 0.2) is 180 Å². The summed E-state index contributed by atoms with van der Waals surface area (Å²) in [7, 11) is 0. The van der Waals surface area contributed by atoms with Crippen LogP contribution in [-0.2, 0) is 0 Å². The number of hydrogen-bond acceptors (Lipinski definition) is 4. The molecule has 4 heterocycles. The molecule has 0 radical (unpaired) electrons. The molecular formula is C48H29N3OS. The molecule has 11 rings (SSSR count). The van der Waals surface area contributed by atoms with Gasteiger partial charge in [-0.25, -0.2) is 9.97 Å². The lowest BCUT2D eigenvalue weighted by Crippen LogP contribution is -1.97. The average molecular weight is 696 g/mol. The van der Waals surface area contributed by atoms with Gasteiger partial charge in [-0.1, -0.05) is 140 Å². The van der Waals surface area contributed by atoms with Gasteiger partial charge in [0.1, 0.15) is 17.0 Å². The number of para-hydroxylation sites is 6. The minimum atomic E-state index is 0.887. The molecule has 11 aromatic rings.